The Bertz CT molecular complexity index is 762. The lowest BCUT2D eigenvalue weighted by Gasteiger charge is -2.34. The summed E-state index contributed by atoms with van der Waals surface area (Å²) in [5.74, 6) is 0.516. The first kappa shape index (κ1) is 19.7. The minimum Gasteiger partial charge on any atom is -0.489 e. The van der Waals surface area contributed by atoms with Crippen LogP contribution < -0.4 is 4.74 Å². The molecule has 0 radical (unpaired) electrons. The lowest BCUT2D eigenvalue weighted by Crippen LogP contribution is -2.36. The quantitative estimate of drug-likeness (QED) is 0.700. The van der Waals surface area contributed by atoms with Gasteiger partial charge in [-0.1, -0.05) is 12.5 Å². The van der Waals surface area contributed by atoms with E-state index in [0.29, 0.717) is 23.9 Å². The Balaban J connectivity index is 1.88. The van der Waals surface area contributed by atoms with E-state index < -0.39 is 11.7 Å². The number of benzene rings is 1. The van der Waals surface area contributed by atoms with Gasteiger partial charge in [0.1, 0.15) is 12.4 Å². The van der Waals surface area contributed by atoms with Gasteiger partial charge in [0.15, 0.2) is 0 Å². The number of nitrogens with zero attached hydrogens (tertiary/aromatic N) is 2. The highest BCUT2D eigenvalue weighted by atomic mass is 19.4. The average molecular weight is 378 g/mol. The molecule has 2 heterocycles. The number of pyridine rings is 1. The molecule has 0 saturated carbocycles. The number of piperidine rings is 1. The number of rotatable bonds is 5. The number of likely N-dealkylation sites (tertiary alicyclic amines) is 1. The smallest absolute Gasteiger partial charge is 0.416 e. The van der Waals surface area contributed by atoms with E-state index in [1.165, 1.54) is 25.5 Å². The van der Waals surface area contributed by atoms with Gasteiger partial charge < -0.3 is 4.74 Å². The topological polar surface area (TPSA) is 25.4 Å². The van der Waals surface area contributed by atoms with Crippen LogP contribution >= 0.6 is 0 Å². The zero-order valence-corrected chi connectivity index (χ0v) is 15.7. The van der Waals surface area contributed by atoms with Crippen LogP contribution in [-0.4, -0.2) is 22.5 Å². The number of alkyl halides is 3. The van der Waals surface area contributed by atoms with Crippen molar-refractivity contribution in [2.75, 3.05) is 6.54 Å². The molecule has 0 unspecified atom stereocenters. The van der Waals surface area contributed by atoms with Crippen LogP contribution in [0.5, 0.6) is 5.75 Å². The molecule has 0 bridgehead atoms. The summed E-state index contributed by atoms with van der Waals surface area (Å²) in [7, 11) is 0. The third-order valence-electron chi connectivity index (χ3n) is 5.14. The maximum absolute atomic E-state index is 13.4. The van der Waals surface area contributed by atoms with Crippen molar-refractivity contribution in [1.29, 1.82) is 0 Å². The van der Waals surface area contributed by atoms with Gasteiger partial charge in [0, 0.05) is 36.1 Å². The summed E-state index contributed by atoms with van der Waals surface area (Å²) in [5, 5.41) is 0. The molecule has 2 aromatic rings. The molecule has 0 amide bonds. The third kappa shape index (κ3) is 5.01. The maximum Gasteiger partial charge on any atom is 0.416 e. The van der Waals surface area contributed by atoms with Crippen LogP contribution in [0.3, 0.4) is 0 Å². The van der Waals surface area contributed by atoms with E-state index in [1.807, 2.05) is 12.1 Å². The minimum absolute atomic E-state index is 0.180. The normalized spacial score (nSPS) is 18.5. The van der Waals surface area contributed by atoms with E-state index in [9.17, 15) is 13.2 Å². The van der Waals surface area contributed by atoms with Gasteiger partial charge in [0.05, 0.1) is 5.56 Å². The molecular formula is C21H25F3N2O. The Hall–Kier alpha value is -2.08. The highest BCUT2D eigenvalue weighted by molar-refractivity contribution is 5.43. The molecule has 1 saturated heterocycles. The molecule has 1 fully saturated rings. The predicted molar refractivity (Wildman–Crippen MR) is 98.5 cm³/mol. The molecule has 1 aliphatic heterocycles. The highest BCUT2D eigenvalue weighted by Gasteiger charge is 2.34. The SMILES string of the molecule is Cc1cc(OCc2cccnc2)c(CN2CCCC[C@H]2C)cc1C(F)(F)F. The first-order chi connectivity index (χ1) is 12.8. The van der Waals surface area contributed by atoms with Crippen molar-refractivity contribution in [3.05, 3.63) is 58.9 Å². The number of hydrogen-bond donors (Lipinski definition) is 0. The first-order valence-corrected chi connectivity index (χ1v) is 9.31. The number of halogens is 3. The molecule has 0 aliphatic carbocycles. The van der Waals surface area contributed by atoms with Crippen LogP contribution in [0.25, 0.3) is 0 Å². The lowest BCUT2D eigenvalue weighted by molar-refractivity contribution is -0.138. The Morgan fingerprint density at radius 1 is 1.26 bits per heavy atom. The largest absolute Gasteiger partial charge is 0.489 e. The molecule has 6 heteroatoms. The van der Waals surface area contributed by atoms with Crippen molar-refractivity contribution in [3.63, 3.8) is 0 Å². The van der Waals surface area contributed by atoms with Crippen LogP contribution in [0, 0.1) is 6.92 Å². The van der Waals surface area contributed by atoms with Crippen LogP contribution in [0.1, 0.15) is 48.4 Å². The van der Waals surface area contributed by atoms with Gasteiger partial charge >= 0.3 is 6.18 Å². The first-order valence-electron chi connectivity index (χ1n) is 9.31. The van der Waals surface area contributed by atoms with Crippen molar-refractivity contribution in [2.24, 2.45) is 0 Å². The van der Waals surface area contributed by atoms with E-state index in [4.69, 9.17) is 4.74 Å². The van der Waals surface area contributed by atoms with Crippen molar-refractivity contribution < 1.29 is 17.9 Å². The summed E-state index contributed by atoms with van der Waals surface area (Å²) in [6.07, 6.45) is 2.33. The van der Waals surface area contributed by atoms with Gasteiger partial charge in [-0.2, -0.15) is 13.2 Å². The monoisotopic (exact) mass is 378 g/mol. The molecule has 1 aliphatic rings. The van der Waals surface area contributed by atoms with Gasteiger partial charge in [0.25, 0.3) is 0 Å². The predicted octanol–water partition coefficient (Wildman–Crippen LogP) is 5.36. The summed E-state index contributed by atoms with van der Waals surface area (Å²) in [6.45, 7) is 5.26. The second kappa shape index (κ2) is 8.30. The van der Waals surface area contributed by atoms with E-state index >= 15 is 0 Å². The minimum atomic E-state index is -4.37. The molecule has 1 aromatic carbocycles. The summed E-state index contributed by atoms with van der Waals surface area (Å²) in [6, 6.07) is 6.84. The fourth-order valence-electron chi connectivity index (χ4n) is 3.55. The van der Waals surface area contributed by atoms with Gasteiger partial charge in [-0.15, -0.1) is 0 Å². The zero-order valence-electron chi connectivity index (χ0n) is 15.7. The number of hydrogen-bond acceptors (Lipinski definition) is 3. The van der Waals surface area contributed by atoms with Crippen molar-refractivity contribution in [3.8, 4) is 5.75 Å². The van der Waals surface area contributed by atoms with Crippen molar-refractivity contribution in [2.45, 2.75) is 58.5 Å². The van der Waals surface area contributed by atoms with Crippen LogP contribution in [0.2, 0.25) is 0 Å². The fraction of sp³-hybridized carbons (Fsp3) is 0.476. The van der Waals surface area contributed by atoms with E-state index in [1.54, 1.807) is 12.4 Å². The Morgan fingerprint density at radius 2 is 2.07 bits per heavy atom. The fourth-order valence-corrected chi connectivity index (χ4v) is 3.55. The lowest BCUT2D eigenvalue weighted by atomic mass is 9.99. The average Bonchev–Trinajstić information content (AvgIpc) is 2.63. The van der Waals surface area contributed by atoms with E-state index in [2.05, 4.69) is 16.8 Å². The summed E-state index contributed by atoms with van der Waals surface area (Å²) >= 11 is 0. The Labute approximate surface area is 158 Å². The summed E-state index contributed by atoms with van der Waals surface area (Å²) < 4.78 is 46.1. The second-order valence-electron chi connectivity index (χ2n) is 7.24. The molecular weight excluding hydrogens is 353 g/mol. The van der Waals surface area contributed by atoms with Gasteiger partial charge in [0.2, 0.25) is 0 Å². The van der Waals surface area contributed by atoms with Crippen LogP contribution in [0.15, 0.2) is 36.7 Å². The number of aromatic nitrogens is 1. The second-order valence-corrected chi connectivity index (χ2v) is 7.24. The van der Waals surface area contributed by atoms with Gasteiger partial charge in [-0.25, -0.2) is 0 Å². The molecule has 3 nitrogen and oxygen atoms in total. The van der Waals surface area contributed by atoms with E-state index in [0.717, 1.165) is 24.9 Å². The van der Waals surface area contributed by atoms with Crippen molar-refractivity contribution in [1.82, 2.24) is 9.88 Å². The van der Waals surface area contributed by atoms with Crippen LogP contribution in [-0.2, 0) is 19.3 Å². The van der Waals surface area contributed by atoms with E-state index in [-0.39, 0.29) is 12.2 Å². The summed E-state index contributed by atoms with van der Waals surface area (Å²) in [4.78, 5) is 6.29. The molecule has 1 atom stereocenters. The highest BCUT2D eigenvalue weighted by Crippen LogP contribution is 2.36. The molecule has 146 valence electrons. The Morgan fingerprint density at radius 3 is 2.74 bits per heavy atom. The number of aryl methyl sites for hydroxylation is 1. The number of ether oxygens (including phenoxy) is 1. The van der Waals surface area contributed by atoms with Gasteiger partial charge in [-0.3, -0.25) is 9.88 Å². The molecule has 1 aromatic heterocycles. The molecule has 0 spiro atoms. The van der Waals surface area contributed by atoms with Gasteiger partial charge in [-0.05, 0) is 57.0 Å². The Kier molecular flexibility index (Phi) is 6.05. The standard InChI is InChI=1S/C21H25F3N2O/c1-15-10-20(27-14-17-7-5-8-25-12-17)18(11-19(15)21(22,23)24)13-26-9-4-3-6-16(26)2/h5,7-8,10-12,16H,3-4,6,9,13-14H2,1-2H3/t16-/m1/s1. The molecule has 3 rings (SSSR count). The molecule has 27 heavy (non-hydrogen) atoms. The van der Waals surface area contributed by atoms with Crippen LogP contribution in [0.4, 0.5) is 13.2 Å². The summed E-state index contributed by atoms with van der Waals surface area (Å²) in [5.41, 5.74) is 1.06. The maximum atomic E-state index is 13.4. The van der Waals surface area contributed by atoms with Crippen molar-refractivity contribution >= 4 is 0 Å². The molecule has 0 N–H and O–H groups in total. The zero-order chi connectivity index (χ0) is 19.4. The third-order valence-corrected chi connectivity index (χ3v) is 5.14.